The first-order valence-corrected chi connectivity index (χ1v) is 8.62. The number of rotatable bonds is 8. The predicted octanol–water partition coefficient (Wildman–Crippen LogP) is 3.39. The fourth-order valence-electron chi connectivity index (χ4n) is 2.57. The second-order valence-electron chi connectivity index (χ2n) is 6.43. The molecule has 5 heteroatoms. The highest BCUT2D eigenvalue weighted by molar-refractivity contribution is 6.30. The van der Waals surface area contributed by atoms with Crippen molar-refractivity contribution in [3.63, 3.8) is 0 Å². The lowest BCUT2D eigenvalue weighted by Crippen LogP contribution is -2.42. The van der Waals surface area contributed by atoms with E-state index in [1.165, 1.54) is 0 Å². The van der Waals surface area contributed by atoms with Crippen molar-refractivity contribution in [2.24, 2.45) is 0 Å². The van der Waals surface area contributed by atoms with Crippen molar-refractivity contribution < 1.29 is 14.6 Å². The van der Waals surface area contributed by atoms with Gasteiger partial charge in [-0.05, 0) is 48.7 Å². The monoisotopic (exact) mass is 361 g/mol. The van der Waals surface area contributed by atoms with Gasteiger partial charge in [0.1, 0.15) is 5.75 Å². The third-order valence-electron chi connectivity index (χ3n) is 3.94. The van der Waals surface area contributed by atoms with Gasteiger partial charge in [-0.1, -0.05) is 35.9 Å². The molecule has 2 rings (SSSR count). The average Bonchev–Trinajstić information content (AvgIpc) is 2.59. The number of amides is 1. The number of aliphatic hydroxyl groups is 1. The smallest absolute Gasteiger partial charge is 0.220 e. The lowest BCUT2D eigenvalue weighted by Gasteiger charge is -2.24. The van der Waals surface area contributed by atoms with Crippen LogP contribution in [0.3, 0.4) is 0 Å². The number of aryl methyl sites for hydroxylation is 1. The van der Waals surface area contributed by atoms with Gasteiger partial charge in [0.25, 0.3) is 0 Å². The van der Waals surface area contributed by atoms with E-state index in [2.05, 4.69) is 5.32 Å². The number of hydrogen-bond donors (Lipinski definition) is 2. The van der Waals surface area contributed by atoms with Crippen LogP contribution in [0.15, 0.2) is 48.5 Å². The van der Waals surface area contributed by atoms with Crippen molar-refractivity contribution >= 4 is 17.5 Å². The van der Waals surface area contributed by atoms with Gasteiger partial charge in [0, 0.05) is 24.4 Å². The normalized spacial score (nSPS) is 13.1. The number of ether oxygens (including phenoxy) is 1. The van der Waals surface area contributed by atoms with Crippen molar-refractivity contribution in [2.45, 2.75) is 31.8 Å². The topological polar surface area (TPSA) is 58.6 Å². The lowest BCUT2D eigenvalue weighted by atomic mass is 9.96. The molecule has 1 unspecified atom stereocenters. The third kappa shape index (κ3) is 6.77. The number of nitrogens with one attached hydrogen (secondary N) is 1. The molecule has 0 aliphatic rings. The maximum Gasteiger partial charge on any atom is 0.220 e. The van der Waals surface area contributed by atoms with E-state index in [0.29, 0.717) is 24.3 Å². The van der Waals surface area contributed by atoms with Crippen molar-refractivity contribution in [3.8, 4) is 5.75 Å². The molecule has 1 amide bonds. The van der Waals surface area contributed by atoms with Gasteiger partial charge in [0.2, 0.25) is 5.91 Å². The molecule has 0 heterocycles. The van der Waals surface area contributed by atoms with Gasteiger partial charge in [-0.2, -0.15) is 0 Å². The van der Waals surface area contributed by atoms with Crippen LogP contribution < -0.4 is 10.1 Å². The van der Waals surface area contributed by atoms with E-state index in [9.17, 15) is 9.90 Å². The summed E-state index contributed by atoms with van der Waals surface area (Å²) in [5, 5.41) is 14.0. The Morgan fingerprint density at radius 1 is 1.20 bits per heavy atom. The second kappa shape index (κ2) is 8.88. The van der Waals surface area contributed by atoms with Crippen LogP contribution in [-0.4, -0.2) is 30.3 Å². The minimum absolute atomic E-state index is 0.0880. The van der Waals surface area contributed by atoms with Crippen molar-refractivity contribution in [3.05, 3.63) is 64.7 Å². The molecule has 0 aromatic heterocycles. The standard InChI is InChI=1S/C20H24ClNO3/c1-20(24,13-16-6-9-18(25-2)10-7-16)14-22-19(23)11-8-15-4-3-5-17(21)12-15/h3-7,9-10,12,24H,8,11,13-14H2,1-2H3,(H,22,23). The molecule has 0 bridgehead atoms. The van der Waals surface area contributed by atoms with E-state index in [-0.39, 0.29) is 12.5 Å². The molecule has 0 fully saturated rings. The molecule has 0 saturated carbocycles. The zero-order valence-electron chi connectivity index (χ0n) is 14.6. The number of carbonyl (C=O) groups excluding carboxylic acids is 1. The van der Waals surface area contributed by atoms with Crippen LogP contribution in [0.2, 0.25) is 5.02 Å². The Balaban J connectivity index is 1.78. The van der Waals surface area contributed by atoms with E-state index >= 15 is 0 Å². The van der Waals surface area contributed by atoms with Gasteiger partial charge in [-0.25, -0.2) is 0 Å². The SMILES string of the molecule is COc1ccc(CC(C)(O)CNC(=O)CCc2cccc(Cl)c2)cc1. The second-order valence-corrected chi connectivity index (χ2v) is 6.86. The van der Waals surface area contributed by atoms with Crippen LogP contribution in [0, 0.1) is 0 Å². The van der Waals surface area contributed by atoms with Crippen LogP contribution in [0.5, 0.6) is 5.75 Å². The molecule has 0 radical (unpaired) electrons. The Morgan fingerprint density at radius 2 is 1.92 bits per heavy atom. The van der Waals surface area contributed by atoms with E-state index < -0.39 is 5.60 Å². The van der Waals surface area contributed by atoms with E-state index in [4.69, 9.17) is 16.3 Å². The van der Waals surface area contributed by atoms with Gasteiger partial charge in [-0.3, -0.25) is 4.79 Å². The summed E-state index contributed by atoms with van der Waals surface area (Å²) in [5.74, 6) is 0.688. The summed E-state index contributed by atoms with van der Waals surface area (Å²) < 4.78 is 5.12. The van der Waals surface area contributed by atoms with Crippen molar-refractivity contribution in [1.82, 2.24) is 5.32 Å². The van der Waals surface area contributed by atoms with Crippen LogP contribution in [0.1, 0.15) is 24.5 Å². The zero-order chi connectivity index (χ0) is 18.3. The van der Waals surface area contributed by atoms with E-state index in [1.807, 2.05) is 48.5 Å². The summed E-state index contributed by atoms with van der Waals surface area (Å²) in [4.78, 5) is 12.0. The number of hydrogen-bond acceptors (Lipinski definition) is 3. The number of carbonyl (C=O) groups is 1. The first kappa shape index (κ1) is 19.3. The Hall–Kier alpha value is -2.04. The molecule has 25 heavy (non-hydrogen) atoms. The lowest BCUT2D eigenvalue weighted by molar-refractivity contribution is -0.122. The van der Waals surface area contributed by atoms with Crippen molar-refractivity contribution in [2.75, 3.05) is 13.7 Å². The highest BCUT2D eigenvalue weighted by atomic mass is 35.5. The summed E-state index contributed by atoms with van der Waals surface area (Å²) in [7, 11) is 1.62. The van der Waals surface area contributed by atoms with Gasteiger partial charge < -0.3 is 15.2 Å². The molecule has 0 aliphatic carbocycles. The molecular weight excluding hydrogens is 338 g/mol. The minimum Gasteiger partial charge on any atom is -0.497 e. The first-order valence-electron chi connectivity index (χ1n) is 8.24. The summed E-state index contributed by atoms with van der Waals surface area (Å²) in [6.07, 6.45) is 1.43. The summed E-state index contributed by atoms with van der Waals surface area (Å²) in [5.41, 5.74) is 0.993. The molecule has 0 saturated heterocycles. The van der Waals surface area contributed by atoms with Gasteiger partial charge in [-0.15, -0.1) is 0 Å². The molecule has 2 N–H and O–H groups in total. The largest absolute Gasteiger partial charge is 0.497 e. The average molecular weight is 362 g/mol. The predicted molar refractivity (Wildman–Crippen MR) is 100 cm³/mol. The van der Waals surface area contributed by atoms with Gasteiger partial charge in [0.05, 0.1) is 12.7 Å². The molecule has 0 spiro atoms. The molecule has 1 atom stereocenters. The first-order chi connectivity index (χ1) is 11.9. The minimum atomic E-state index is -1.01. The number of methoxy groups -OCH3 is 1. The maximum atomic E-state index is 12.0. The zero-order valence-corrected chi connectivity index (χ0v) is 15.3. The quantitative estimate of drug-likeness (QED) is 0.757. The third-order valence-corrected chi connectivity index (χ3v) is 4.18. The fourth-order valence-corrected chi connectivity index (χ4v) is 2.79. The van der Waals surface area contributed by atoms with Crippen LogP contribution in [0.4, 0.5) is 0 Å². The molecule has 0 aliphatic heterocycles. The van der Waals surface area contributed by atoms with E-state index in [1.54, 1.807) is 14.0 Å². The fraction of sp³-hybridized carbons (Fsp3) is 0.350. The van der Waals surface area contributed by atoms with E-state index in [0.717, 1.165) is 16.9 Å². The van der Waals surface area contributed by atoms with Gasteiger partial charge in [0.15, 0.2) is 0 Å². The highest BCUT2D eigenvalue weighted by Crippen LogP contribution is 2.17. The summed E-state index contributed by atoms with van der Waals surface area (Å²) in [6, 6.07) is 15.0. The highest BCUT2D eigenvalue weighted by Gasteiger charge is 2.21. The Labute approximate surface area is 153 Å². The maximum absolute atomic E-state index is 12.0. The Morgan fingerprint density at radius 3 is 2.56 bits per heavy atom. The van der Waals surface area contributed by atoms with Crippen LogP contribution >= 0.6 is 11.6 Å². The molecule has 4 nitrogen and oxygen atoms in total. The molecule has 134 valence electrons. The molecular formula is C20H24ClNO3. The Kier molecular flexibility index (Phi) is 6.85. The summed E-state index contributed by atoms with van der Waals surface area (Å²) >= 11 is 5.94. The molecule has 2 aromatic carbocycles. The number of halogens is 1. The number of benzene rings is 2. The Bertz CT molecular complexity index is 698. The molecule has 2 aromatic rings. The van der Waals surface area contributed by atoms with Crippen LogP contribution in [0.25, 0.3) is 0 Å². The van der Waals surface area contributed by atoms with Crippen molar-refractivity contribution in [1.29, 1.82) is 0 Å². The van der Waals surface area contributed by atoms with Crippen LogP contribution in [-0.2, 0) is 17.6 Å². The van der Waals surface area contributed by atoms with Gasteiger partial charge >= 0.3 is 0 Å². The summed E-state index contributed by atoms with van der Waals surface area (Å²) in [6.45, 7) is 1.92.